The number of rotatable bonds is 4. The van der Waals surface area contributed by atoms with Gasteiger partial charge < -0.3 is 0 Å². The van der Waals surface area contributed by atoms with Crippen LogP contribution in [0, 0.1) is 10.1 Å². The molecule has 0 saturated heterocycles. The first-order valence-electron chi connectivity index (χ1n) is 7.45. The molecule has 2 aromatic rings. The van der Waals surface area contributed by atoms with Crippen molar-refractivity contribution in [2.75, 3.05) is 5.32 Å². The number of phenols is 1. The molecule has 0 heterocycles. The Hall–Kier alpha value is -2.61. The van der Waals surface area contributed by atoms with E-state index in [1.165, 1.54) is 25.1 Å². The third kappa shape index (κ3) is 6.03. The molecule has 0 unspecified atom stereocenters. The van der Waals surface area contributed by atoms with Gasteiger partial charge in [-0.25, -0.2) is 0 Å². The molecule has 0 aliphatic carbocycles. The number of anilines is 1. The zero-order valence-electron chi connectivity index (χ0n) is 14.1. The SMILES string of the molecule is CC(=O)Nc1cccc([As](=O)(O)O)c1O.CCc1ccccc1[N+](=O)[O-]. The van der Waals surface area contributed by atoms with Crippen LogP contribution in [0.25, 0.3) is 0 Å². The fourth-order valence-corrected chi connectivity index (χ4v) is 3.46. The number of aryl methyl sites for hydroxylation is 1. The van der Waals surface area contributed by atoms with Gasteiger partial charge in [0.1, 0.15) is 0 Å². The molecule has 10 heteroatoms. The third-order valence-electron chi connectivity index (χ3n) is 3.21. The summed E-state index contributed by atoms with van der Waals surface area (Å²) >= 11 is -5.15. The van der Waals surface area contributed by atoms with Gasteiger partial charge in [0.25, 0.3) is 5.69 Å². The van der Waals surface area contributed by atoms with E-state index in [1.807, 2.05) is 13.0 Å². The number of phenolic OH excluding ortho intramolecular Hbond substituents is 1. The summed E-state index contributed by atoms with van der Waals surface area (Å²) in [6.45, 7) is 3.14. The van der Waals surface area contributed by atoms with Crippen molar-refractivity contribution in [3.05, 3.63) is 58.1 Å². The number of carbonyl (C=O) groups is 1. The molecule has 0 aliphatic heterocycles. The number of nitro groups is 1. The van der Waals surface area contributed by atoms with E-state index in [2.05, 4.69) is 5.32 Å². The number of benzene rings is 2. The summed E-state index contributed by atoms with van der Waals surface area (Å²) in [5.74, 6) is -1.01. The van der Waals surface area contributed by atoms with Gasteiger partial charge in [0.2, 0.25) is 0 Å². The Balaban J connectivity index is 0.000000273. The monoisotopic (exact) mass is 426 g/mol. The second-order valence-corrected chi connectivity index (χ2v) is 8.43. The molecule has 0 fully saturated rings. The fraction of sp³-hybridized carbons (Fsp3) is 0.188. The first-order chi connectivity index (χ1) is 12.1. The number of nitrogens with one attached hydrogen (secondary N) is 1. The summed E-state index contributed by atoms with van der Waals surface area (Å²) in [4.78, 5) is 20.8. The van der Waals surface area contributed by atoms with Crippen LogP contribution in [0.15, 0.2) is 42.5 Å². The van der Waals surface area contributed by atoms with E-state index in [-0.39, 0.29) is 16.3 Å². The van der Waals surface area contributed by atoms with Gasteiger partial charge in [-0.2, -0.15) is 0 Å². The zero-order valence-corrected chi connectivity index (χ0v) is 16.0. The van der Waals surface area contributed by atoms with Gasteiger partial charge in [-0.1, -0.05) is 25.1 Å². The van der Waals surface area contributed by atoms with Gasteiger partial charge in [0.15, 0.2) is 0 Å². The van der Waals surface area contributed by atoms with Crippen molar-refractivity contribution in [1.82, 2.24) is 0 Å². The molecule has 0 radical (unpaired) electrons. The molecule has 0 saturated carbocycles. The van der Waals surface area contributed by atoms with Crippen molar-refractivity contribution in [3.8, 4) is 5.75 Å². The van der Waals surface area contributed by atoms with Gasteiger partial charge in [0, 0.05) is 11.6 Å². The molecule has 26 heavy (non-hydrogen) atoms. The van der Waals surface area contributed by atoms with Crippen molar-refractivity contribution < 1.29 is 26.8 Å². The molecule has 0 aliphatic rings. The third-order valence-corrected chi connectivity index (χ3v) is 5.28. The molecule has 0 spiro atoms. The van der Waals surface area contributed by atoms with Crippen LogP contribution in [-0.4, -0.2) is 38.3 Å². The number of hydrogen-bond acceptors (Lipinski definition) is 5. The van der Waals surface area contributed by atoms with Gasteiger partial charge in [-0.3, -0.25) is 10.1 Å². The fourth-order valence-electron chi connectivity index (χ4n) is 2.04. The van der Waals surface area contributed by atoms with E-state index in [4.69, 9.17) is 8.19 Å². The molecule has 140 valence electrons. The Morgan fingerprint density at radius 1 is 1.19 bits per heavy atom. The average molecular weight is 426 g/mol. The maximum absolute atomic E-state index is 11.0. The molecule has 1 amide bonds. The standard InChI is InChI=1S/C8H10AsNO5.C8H9NO2/c1-5(11)10-7-4-2-3-6(8(7)12)9(13,14)15;1-2-7-5-3-4-6-8(7)9(10)11/h2-4,12H,1H3,(H,10,11)(H2,13,14,15);3-6H,2H2,1H3. The van der Waals surface area contributed by atoms with Gasteiger partial charge in [-0.15, -0.1) is 0 Å². The van der Waals surface area contributed by atoms with Crippen LogP contribution in [0.3, 0.4) is 0 Å². The van der Waals surface area contributed by atoms with Crippen molar-refractivity contribution in [1.29, 1.82) is 0 Å². The Kier molecular flexibility index (Phi) is 7.57. The summed E-state index contributed by atoms with van der Waals surface area (Å²) in [5, 5.41) is 22.1. The van der Waals surface area contributed by atoms with Crippen LogP contribution in [0.4, 0.5) is 11.4 Å². The average Bonchev–Trinajstić information content (AvgIpc) is 2.55. The predicted molar refractivity (Wildman–Crippen MR) is 95.4 cm³/mol. The van der Waals surface area contributed by atoms with E-state index in [9.17, 15) is 23.8 Å². The van der Waals surface area contributed by atoms with E-state index in [0.29, 0.717) is 6.42 Å². The number of nitrogens with zero attached hydrogens (tertiary/aromatic N) is 1. The number of para-hydroxylation sites is 2. The van der Waals surface area contributed by atoms with Crippen LogP contribution in [0.5, 0.6) is 5.75 Å². The van der Waals surface area contributed by atoms with Crippen molar-refractivity contribution in [2.45, 2.75) is 20.3 Å². The van der Waals surface area contributed by atoms with E-state index >= 15 is 0 Å². The zero-order chi connectivity index (χ0) is 19.9. The summed E-state index contributed by atoms with van der Waals surface area (Å²) in [6.07, 6.45) is 0.706. The van der Waals surface area contributed by atoms with Gasteiger partial charge in [-0.05, 0) is 6.42 Å². The minimum atomic E-state index is -5.15. The van der Waals surface area contributed by atoms with Crippen molar-refractivity contribution in [3.63, 3.8) is 0 Å². The van der Waals surface area contributed by atoms with Gasteiger partial charge >= 0.3 is 88.1 Å². The van der Waals surface area contributed by atoms with Gasteiger partial charge in [0.05, 0.1) is 4.92 Å². The molecule has 0 atom stereocenters. The molecular formula is C16H19AsN2O7. The quantitative estimate of drug-likeness (QED) is 0.247. The number of nitro benzene ring substituents is 1. The first-order valence-corrected chi connectivity index (χ1v) is 10.8. The van der Waals surface area contributed by atoms with E-state index in [0.717, 1.165) is 11.6 Å². The van der Waals surface area contributed by atoms with Crippen molar-refractivity contribution in [2.24, 2.45) is 0 Å². The van der Waals surface area contributed by atoms with Crippen LogP contribution in [0.2, 0.25) is 0 Å². The van der Waals surface area contributed by atoms with Crippen LogP contribution in [-0.2, 0) is 15.0 Å². The molecule has 9 nitrogen and oxygen atoms in total. The normalized spacial score (nSPS) is 10.5. The van der Waals surface area contributed by atoms with Crippen LogP contribution < -0.4 is 9.67 Å². The predicted octanol–water partition coefficient (Wildman–Crippen LogP) is 1.07. The number of amides is 1. The Morgan fingerprint density at radius 3 is 2.27 bits per heavy atom. The Labute approximate surface area is 152 Å². The summed E-state index contributed by atoms with van der Waals surface area (Å²) in [7, 11) is 0. The largest absolute Gasteiger partial charge is 0.272 e. The smallest absolute Gasteiger partial charge is 0.258 e. The number of carbonyl (C=O) groups excluding carboxylic acids is 1. The molecule has 2 aromatic carbocycles. The maximum atomic E-state index is 11.0. The Morgan fingerprint density at radius 2 is 1.81 bits per heavy atom. The molecule has 4 N–H and O–H groups in total. The van der Waals surface area contributed by atoms with E-state index in [1.54, 1.807) is 12.1 Å². The maximum Gasteiger partial charge on any atom is 0.272 e. The summed E-state index contributed by atoms with van der Waals surface area (Å²) in [6, 6.07) is 10.6. The van der Waals surface area contributed by atoms with Crippen LogP contribution >= 0.6 is 0 Å². The second-order valence-electron chi connectivity index (χ2n) is 5.14. The van der Waals surface area contributed by atoms with E-state index < -0.39 is 30.2 Å². The second kappa shape index (κ2) is 9.19. The Bertz CT molecular complexity index is 848. The minimum Gasteiger partial charge on any atom is -0.258 e. The molecule has 0 aromatic heterocycles. The first kappa shape index (κ1) is 21.4. The number of hydrogen-bond donors (Lipinski definition) is 4. The number of aromatic hydroxyl groups is 1. The summed E-state index contributed by atoms with van der Waals surface area (Å²) in [5.41, 5.74) is 0.997. The molecule has 0 bridgehead atoms. The minimum absolute atomic E-state index is 0.00951. The molecular weight excluding hydrogens is 407 g/mol. The van der Waals surface area contributed by atoms with Crippen molar-refractivity contribution >= 4 is 35.8 Å². The summed E-state index contributed by atoms with van der Waals surface area (Å²) < 4.78 is 28.4. The van der Waals surface area contributed by atoms with Crippen LogP contribution in [0.1, 0.15) is 19.4 Å². The topological polar surface area (TPSA) is 150 Å². The molecule has 2 rings (SSSR count).